The van der Waals surface area contributed by atoms with E-state index in [0.29, 0.717) is 12.1 Å². The second-order valence-corrected chi connectivity index (χ2v) is 5.70. The Bertz CT molecular complexity index is 566. The molecule has 20 heavy (non-hydrogen) atoms. The van der Waals surface area contributed by atoms with Gasteiger partial charge in [0, 0.05) is 24.2 Å². The van der Waals surface area contributed by atoms with Gasteiger partial charge in [-0.05, 0) is 26.0 Å². The van der Waals surface area contributed by atoms with E-state index in [0.717, 1.165) is 11.4 Å². The normalized spacial score (nSPS) is 10.6. The van der Waals surface area contributed by atoms with Gasteiger partial charge in [0.1, 0.15) is 0 Å². The topological polar surface area (TPSA) is 45.2 Å². The highest BCUT2D eigenvalue weighted by Gasteiger charge is 2.16. The predicted molar refractivity (Wildman–Crippen MR) is 83.1 cm³/mol. The molecule has 4 nitrogen and oxygen atoms in total. The van der Waals surface area contributed by atoms with Crippen LogP contribution in [0.15, 0.2) is 35.2 Å². The van der Waals surface area contributed by atoms with Gasteiger partial charge in [-0.15, -0.1) is 11.3 Å². The van der Waals surface area contributed by atoms with Gasteiger partial charge in [-0.2, -0.15) is 0 Å². The van der Waals surface area contributed by atoms with E-state index in [-0.39, 0.29) is 11.9 Å². The number of amides is 1. The molecule has 5 heteroatoms. The van der Waals surface area contributed by atoms with Crippen LogP contribution in [-0.2, 0) is 6.54 Å². The molecule has 0 fully saturated rings. The minimum Gasteiger partial charge on any atom is -0.382 e. The third kappa shape index (κ3) is 3.57. The summed E-state index contributed by atoms with van der Waals surface area (Å²) in [5.74, 6) is 0.00162. The van der Waals surface area contributed by atoms with Gasteiger partial charge in [-0.1, -0.05) is 12.1 Å². The first-order chi connectivity index (χ1) is 9.58. The first-order valence-electron chi connectivity index (χ1n) is 6.56. The number of nitrogens with one attached hydrogen (secondary N) is 1. The van der Waals surface area contributed by atoms with Crippen LogP contribution in [-0.4, -0.2) is 28.9 Å². The number of aromatic nitrogens is 1. The molecule has 0 unspecified atom stereocenters. The van der Waals surface area contributed by atoms with Crippen molar-refractivity contribution in [3.8, 4) is 0 Å². The van der Waals surface area contributed by atoms with Crippen molar-refractivity contribution in [1.29, 1.82) is 0 Å². The first-order valence-corrected chi connectivity index (χ1v) is 7.50. The molecule has 0 saturated heterocycles. The molecule has 0 bridgehead atoms. The van der Waals surface area contributed by atoms with E-state index in [4.69, 9.17) is 0 Å². The molecule has 106 valence electrons. The third-order valence-corrected chi connectivity index (χ3v) is 3.47. The number of benzene rings is 1. The lowest BCUT2D eigenvalue weighted by Gasteiger charge is -2.19. The summed E-state index contributed by atoms with van der Waals surface area (Å²) < 4.78 is 0. The highest BCUT2D eigenvalue weighted by atomic mass is 32.1. The fourth-order valence-electron chi connectivity index (χ4n) is 1.94. The average Bonchev–Trinajstić information content (AvgIpc) is 2.90. The number of para-hydroxylation sites is 1. The van der Waals surface area contributed by atoms with Gasteiger partial charge in [0.15, 0.2) is 0 Å². The zero-order chi connectivity index (χ0) is 14.5. The Kier molecular flexibility index (Phi) is 4.74. The van der Waals surface area contributed by atoms with Crippen LogP contribution >= 0.6 is 11.3 Å². The molecule has 2 aromatic rings. The number of carbonyl (C=O) groups is 1. The monoisotopic (exact) mass is 289 g/mol. The van der Waals surface area contributed by atoms with Crippen molar-refractivity contribution in [3.63, 3.8) is 0 Å². The maximum absolute atomic E-state index is 12.5. The van der Waals surface area contributed by atoms with Crippen LogP contribution in [0.5, 0.6) is 0 Å². The molecular weight excluding hydrogens is 270 g/mol. The minimum absolute atomic E-state index is 0.00162. The second kappa shape index (κ2) is 6.52. The van der Waals surface area contributed by atoms with Crippen molar-refractivity contribution >= 4 is 22.9 Å². The minimum atomic E-state index is 0.00162. The Morgan fingerprint density at radius 3 is 2.80 bits per heavy atom. The maximum atomic E-state index is 12.5. The van der Waals surface area contributed by atoms with Crippen molar-refractivity contribution in [2.24, 2.45) is 0 Å². The van der Waals surface area contributed by atoms with Crippen LogP contribution in [0.3, 0.4) is 0 Å². The highest BCUT2D eigenvalue weighted by molar-refractivity contribution is 7.07. The maximum Gasteiger partial charge on any atom is 0.256 e. The molecule has 1 N–H and O–H groups in total. The van der Waals surface area contributed by atoms with Crippen LogP contribution in [0.1, 0.15) is 29.9 Å². The number of thiazole rings is 1. The van der Waals surface area contributed by atoms with Crippen molar-refractivity contribution in [3.05, 3.63) is 46.4 Å². The van der Waals surface area contributed by atoms with E-state index >= 15 is 0 Å². The van der Waals surface area contributed by atoms with E-state index in [2.05, 4.69) is 24.1 Å². The summed E-state index contributed by atoms with van der Waals surface area (Å²) >= 11 is 1.54. The molecule has 2 rings (SSSR count). The van der Waals surface area contributed by atoms with Gasteiger partial charge in [0.25, 0.3) is 5.91 Å². The SMILES string of the molecule is CC(C)Nc1ccccc1C(=O)N(C)Cc1cscn1. The quantitative estimate of drug-likeness (QED) is 0.919. The Morgan fingerprint density at radius 1 is 1.40 bits per heavy atom. The number of hydrogen-bond acceptors (Lipinski definition) is 4. The number of carbonyl (C=O) groups excluding carboxylic acids is 1. The van der Waals surface area contributed by atoms with Crippen molar-refractivity contribution < 1.29 is 4.79 Å². The van der Waals surface area contributed by atoms with Gasteiger partial charge in [0.2, 0.25) is 0 Å². The van der Waals surface area contributed by atoms with Crippen LogP contribution in [0.4, 0.5) is 5.69 Å². The van der Waals surface area contributed by atoms with Crippen molar-refractivity contribution in [1.82, 2.24) is 9.88 Å². The molecule has 1 aromatic heterocycles. The number of nitrogens with zero attached hydrogens (tertiary/aromatic N) is 2. The molecule has 0 aliphatic rings. The van der Waals surface area contributed by atoms with Gasteiger partial charge in [0.05, 0.1) is 23.3 Å². The summed E-state index contributed by atoms with van der Waals surface area (Å²) in [6.07, 6.45) is 0. The largest absolute Gasteiger partial charge is 0.382 e. The molecule has 0 radical (unpaired) electrons. The molecule has 0 aliphatic carbocycles. The highest BCUT2D eigenvalue weighted by Crippen LogP contribution is 2.18. The zero-order valence-electron chi connectivity index (χ0n) is 12.0. The van der Waals surface area contributed by atoms with Gasteiger partial charge in [-0.25, -0.2) is 4.98 Å². The standard InChI is InChI=1S/C15H19N3OS/c1-11(2)17-14-7-5-4-6-13(14)15(19)18(3)8-12-9-20-10-16-12/h4-7,9-11,17H,8H2,1-3H3. The Labute approximate surface area is 123 Å². The molecule has 0 saturated carbocycles. The van der Waals surface area contributed by atoms with E-state index in [1.54, 1.807) is 17.5 Å². The van der Waals surface area contributed by atoms with Gasteiger partial charge < -0.3 is 10.2 Å². The summed E-state index contributed by atoms with van der Waals surface area (Å²) in [5, 5.41) is 5.27. The summed E-state index contributed by atoms with van der Waals surface area (Å²) in [6, 6.07) is 7.89. The fraction of sp³-hybridized carbons (Fsp3) is 0.333. The average molecular weight is 289 g/mol. The Balaban J connectivity index is 2.15. The van der Waals surface area contributed by atoms with E-state index in [9.17, 15) is 4.79 Å². The molecule has 1 amide bonds. The molecule has 1 heterocycles. The fourth-order valence-corrected chi connectivity index (χ4v) is 2.49. The summed E-state index contributed by atoms with van der Waals surface area (Å²) in [6.45, 7) is 4.64. The van der Waals surface area contributed by atoms with Crippen LogP contribution in [0, 0.1) is 0 Å². The Morgan fingerprint density at radius 2 is 2.15 bits per heavy atom. The zero-order valence-corrected chi connectivity index (χ0v) is 12.8. The van der Waals surface area contributed by atoms with Crippen molar-refractivity contribution in [2.75, 3.05) is 12.4 Å². The van der Waals surface area contributed by atoms with Crippen molar-refractivity contribution in [2.45, 2.75) is 26.4 Å². The third-order valence-electron chi connectivity index (χ3n) is 2.83. The second-order valence-electron chi connectivity index (χ2n) is 4.99. The van der Waals surface area contributed by atoms with Crippen LogP contribution in [0.25, 0.3) is 0 Å². The molecular formula is C15H19N3OS. The molecule has 0 spiro atoms. The number of rotatable bonds is 5. The van der Waals surface area contributed by atoms with Gasteiger partial charge in [-0.3, -0.25) is 4.79 Å². The molecule has 0 aliphatic heterocycles. The van der Waals surface area contributed by atoms with E-state index < -0.39 is 0 Å². The lowest BCUT2D eigenvalue weighted by molar-refractivity contribution is 0.0784. The number of anilines is 1. The molecule has 0 atom stereocenters. The lowest BCUT2D eigenvalue weighted by Crippen LogP contribution is -2.27. The predicted octanol–water partition coefficient (Wildman–Crippen LogP) is 3.24. The summed E-state index contributed by atoms with van der Waals surface area (Å²) in [4.78, 5) is 18.4. The number of hydrogen-bond donors (Lipinski definition) is 1. The van der Waals surface area contributed by atoms with E-state index in [1.165, 1.54) is 11.3 Å². The first kappa shape index (κ1) is 14.5. The Hall–Kier alpha value is -1.88. The summed E-state index contributed by atoms with van der Waals surface area (Å²) in [7, 11) is 1.80. The van der Waals surface area contributed by atoms with E-state index in [1.807, 2.05) is 29.6 Å². The van der Waals surface area contributed by atoms with Crippen LogP contribution < -0.4 is 5.32 Å². The van der Waals surface area contributed by atoms with Crippen LogP contribution in [0.2, 0.25) is 0 Å². The van der Waals surface area contributed by atoms with Gasteiger partial charge >= 0.3 is 0 Å². The smallest absolute Gasteiger partial charge is 0.256 e. The summed E-state index contributed by atoms with van der Waals surface area (Å²) in [5.41, 5.74) is 4.26. The molecule has 1 aromatic carbocycles. The lowest BCUT2D eigenvalue weighted by atomic mass is 10.1.